The van der Waals surface area contributed by atoms with E-state index in [4.69, 9.17) is 9.72 Å². The maximum atomic E-state index is 5.46. The summed E-state index contributed by atoms with van der Waals surface area (Å²) in [6, 6.07) is 18.9. The summed E-state index contributed by atoms with van der Waals surface area (Å²) in [5.41, 5.74) is 3.52. The fourth-order valence-electron chi connectivity index (χ4n) is 3.84. The van der Waals surface area contributed by atoms with E-state index in [1.807, 2.05) is 12.1 Å². The van der Waals surface area contributed by atoms with Gasteiger partial charge in [-0.05, 0) is 37.5 Å². The van der Waals surface area contributed by atoms with E-state index in [2.05, 4.69) is 52.7 Å². The Kier molecular flexibility index (Phi) is 5.54. The topological polar surface area (TPSA) is 37.4 Å². The van der Waals surface area contributed by atoms with Gasteiger partial charge in [-0.3, -0.25) is 0 Å². The van der Waals surface area contributed by atoms with Crippen molar-refractivity contribution in [2.24, 2.45) is 0 Å². The number of nitrogens with zero attached hydrogens (tertiary/aromatic N) is 2. The maximum Gasteiger partial charge on any atom is 0.133 e. The first kappa shape index (κ1) is 17.8. The van der Waals surface area contributed by atoms with E-state index in [0.29, 0.717) is 0 Å². The molecule has 1 fully saturated rings. The molecular formula is C23H27N3O. The summed E-state index contributed by atoms with van der Waals surface area (Å²) >= 11 is 0. The van der Waals surface area contributed by atoms with E-state index in [0.717, 1.165) is 43.3 Å². The second-order valence-corrected chi connectivity index (χ2v) is 7.13. The molecule has 0 saturated carbocycles. The number of benzene rings is 2. The molecule has 0 bridgehead atoms. The van der Waals surface area contributed by atoms with Crippen LogP contribution in [0.1, 0.15) is 30.4 Å². The van der Waals surface area contributed by atoms with Crippen molar-refractivity contribution in [1.29, 1.82) is 0 Å². The van der Waals surface area contributed by atoms with Crippen LogP contribution in [0.3, 0.4) is 0 Å². The van der Waals surface area contributed by atoms with Gasteiger partial charge in [0.2, 0.25) is 0 Å². The summed E-state index contributed by atoms with van der Waals surface area (Å²) in [5, 5.41) is 4.79. The normalized spacial score (nSPS) is 14.5. The average molecular weight is 361 g/mol. The maximum absolute atomic E-state index is 5.46. The fourth-order valence-corrected chi connectivity index (χ4v) is 3.84. The van der Waals surface area contributed by atoms with E-state index >= 15 is 0 Å². The predicted molar refractivity (Wildman–Crippen MR) is 111 cm³/mol. The molecule has 4 rings (SSSR count). The third-order valence-electron chi connectivity index (χ3n) is 5.26. The second-order valence-electron chi connectivity index (χ2n) is 7.13. The Labute approximate surface area is 161 Å². The lowest BCUT2D eigenvalue weighted by molar-refractivity contribution is 0.407. The van der Waals surface area contributed by atoms with Crippen molar-refractivity contribution >= 4 is 16.7 Å². The Morgan fingerprint density at radius 1 is 0.926 bits per heavy atom. The van der Waals surface area contributed by atoms with Crippen molar-refractivity contribution in [1.82, 2.24) is 10.3 Å². The Hall–Kier alpha value is -2.59. The third kappa shape index (κ3) is 4.06. The van der Waals surface area contributed by atoms with Gasteiger partial charge in [-0.25, -0.2) is 4.98 Å². The number of para-hydroxylation sites is 2. The molecule has 1 aliphatic heterocycles. The van der Waals surface area contributed by atoms with Crippen LogP contribution in [0.5, 0.6) is 5.75 Å². The van der Waals surface area contributed by atoms with Gasteiger partial charge in [-0.2, -0.15) is 0 Å². The van der Waals surface area contributed by atoms with Crippen LogP contribution in [-0.2, 0) is 13.1 Å². The molecule has 1 aliphatic rings. The van der Waals surface area contributed by atoms with Gasteiger partial charge in [-0.15, -0.1) is 0 Å². The minimum Gasteiger partial charge on any atom is -0.496 e. The second kappa shape index (κ2) is 8.40. The van der Waals surface area contributed by atoms with Crippen molar-refractivity contribution in [3.63, 3.8) is 0 Å². The SMILES string of the molecule is COc1ccccc1CNCc1cc2ccccc2nc1N1CCCCC1. The fraction of sp³-hybridized carbons (Fsp3) is 0.348. The molecular weight excluding hydrogens is 334 g/mol. The molecule has 0 spiro atoms. The summed E-state index contributed by atoms with van der Waals surface area (Å²) in [7, 11) is 1.72. The van der Waals surface area contributed by atoms with Crippen LogP contribution in [0.4, 0.5) is 5.82 Å². The minimum absolute atomic E-state index is 0.774. The Morgan fingerprint density at radius 2 is 1.67 bits per heavy atom. The summed E-state index contributed by atoms with van der Waals surface area (Å²) in [6.45, 7) is 3.77. The van der Waals surface area contributed by atoms with Crippen LogP contribution in [0, 0.1) is 0 Å². The largest absolute Gasteiger partial charge is 0.496 e. The number of ether oxygens (including phenoxy) is 1. The Bertz CT molecular complexity index is 903. The number of anilines is 1. The number of aromatic nitrogens is 1. The van der Waals surface area contributed by atoms with E-state index < -0.39 is 0 Å². The molecule has 2 aromatic carbocycles. The molecule has 0 amide bonds. The molecule has 4 heteroatoms. The van der Waals surface area contributed by atoms with Gasteiger partial charge in [0, 0.05) is 42.7 Å². The van der Waals surface area contributed by atoms with Crippen molar-refractivity contribution in [3.8, 4) is 5.75 Å². The summed E-state index contributed by atoms with van der Waals surface area (Å²) < 4.78 is 5.46. The lowest BCUT2D eigenvalue weighted by atomic mass is 10.1. The molecule has 1 N–H and O–H groups in total. The number of piperidine rings is 1. The first-order valence-corrected chi connectivity index (χ1v) is 9.81. The van der Waals surface area contributed by atoms with Crippen LogP contribution < -0.4 is 15.0 Å². The average Bonchev–Trinajstić information content (AvgIpc) is 2.74. The molecule has 4 nitrogen and oxygen atoms in total. The molecule has 0 unspecified atom stereocenters. The smallest absolute Gasteiger partial charge is 0.133 e. The molecule has 3 aromatic rings. The van der Waals surface area contributed by atoms with Gasteiger partial charge >= 0.3 is 0 Å². The lowest BCUT2D eigenvalue weighted by Crippen LogP contribution is -2.31. The minimum atomic E-state index is 0.774. The zero-order valence-electron chi connectivity index (χ0n) is 15.9. The zero-order chi connectivity index (χ0) is 18.5. The quantitative estimate of drug-likeness (QED) is 0.700. The van der Waals surface area contributed by atoms with Gasteiger partial charge in [0.1, 0.15) is 11.6 Å². The standard InChI is InChI=1S/C23H27N3O/c1-27-22-12-6-4-10-19(22)16-24-17-20-15-18-9-3-5-11-21(18)25-23(20)26-13-7-2-8-14-26/h3-6,9-12,15,24H,2,7-8,13-14,16-17H2,1H3. The molecule has 1 aromatic heterocycles. The molecule has 140 valence electrons. The van der Waals surface area contributed by atoms with Crippen molar-refractivity contribution < 1.29 is 4.74 Å². The Balaban J connectivity index is 1.57. The molecule has 0 atom stereocenters. The van der Waals surface area contributed by atoms with Crippen LogP contribution in [0.15, 0.2) is 54.6 Å². The highest BCUT2D eigenvalue weighted by Gasteiger charge is 2.17. The van der Waals surface area contributed by atoms with Gasteiger partial charge in [0.25, 0.3) is 0 Å². The highest BCUT2D eigenvalue weighted by molar-refractivity contribution is 5.81. The summed E-state index contributed by atoms with van der Waals surface area (Å²) in [4.78, 5) is 7.47. The zero-order valence-corrected chi connectivity index (χ0v) is 15.9. The number of hydrogen-bond donors (Lipinski definition) is 1. The van der Waals surface area contributed by atoms with Crippen LogP contribution in [0.2, 0.25) is 0 Å². The monoisotopic (exact) mass is 361 g/mol. The first-order chi connectivity index (χ1) is 13.3. The van der Waals surface area contributed by atoms with Gasteiger partial charge in [0.05, 0.1) is 12.6 Å². The highest BCUT2D eigenvalue weighted by Crippen LogP contribution is 2.26. The molecule has 1 saturated heterocycles. The summed E-state index contributed by atoms with van der Waals surface area (Å²) in [6.07, 6.45) is 3.83. The van der Waals surface area contributed by atoms with E-state index in [9.17, 15) is 0 Å². The van der Waals surface area contributed by atoms with Crippen molar-refractivity contribution in [3.05, 3.63) is 65.7 Å². The van der Waals surface area contributed by atoms with Gasteiger partial charge in [-0.1, -0.05) is 36.4 Å². The predicted octanol–water partition coefficient (Wildman–Crippen LogP) is 4.52. The lowest BCUT2D eigenvalue weighted by Gasteiger charge is -2.30. The first-order valence-electron chi connectivity index (χ1n) is 9.81. The number of fused-ring (bicyclic) bond motifs is 1. The summed E-state index contributed by atoms with van der Waals surface area (Å²) in [5.74, 6) is 2.07. The number of nitrogens with one attached hydrogen (secondary N) is 1. The number of methoxy groups -OCH3 is 1. The van der Waals surface area contributed by atoms with Crippen LogP contribution >= 0.6 is 0 Å². The van der Waals surface area contributed by atoms with Gasteiger partial charge < -0.3 is 15.0 Å². The van der Waals surface area contributed by atoms with E-state index in [-0.39, 0.29) is 0 Å². The van der Waals surface area contributed by atoms with Crippen LogP contribution in [0.25, 0.3) is 10.9 Å². The molecule has 27 heavy (non-hydrogen) atoms. The molecule has 0 radical (unpaired) electrons. The van der Waals surface area contributed by atoms with Crippen LogP contribution in [-0.4, -0.2) is 25.2 Å². The van der Waals surface area contributed by atoms with E-state index in [1.54, 1.807) is 7.11 Å². The number of rotatable bonds is 6. The molecule has 2 heterocycles. The number of pyridine rings is 1. The third-order valence-corrected chi connectivity index (χ3v) is 5.26. The van der Waals surface area contributed by atoms with E-state index in [1.165, 1.54) is 35.8 Å². The highest BCUT2D eigenvalue weighted by atomic mass is 16.5. The van der Waals surface area contributed by atoms with Crippen molar-refractivity contribution in [2.75, 3.05) is 25.1 Å². The van der Waals surface area contributed by atoms with Crippen molar-refractivity contribution in [2.45, 2.75) is 32.4 Å². The Morgan fingerprint density at radius 3 is 2.52 bits per heavy atom. The molecule has 0 aliphatic carbocycles. The number of hydrogen-bond acceptors (Lipinski definition) is 4. The van der Waals surface area contributed by atoms with Gasteiger partial charge in [0.15, 0.2) is 0 Å².